The van der Waals surface area contributed by atoms with Gasteiger partial charge in [0, 0.05) is 19.6 Å². The van der Waals surface area contributed by atoms with Gasteiger partial charge in [0.05, 0.1) is 25.9 Å². The van der Waals surface area contributed by atoms with Crippen LogP contribution in [0.15, 0.2) is 0 Å². The van der Waals surface area contributed by atoms with Gasteiger partial charge in [-0.15, -0.1) is 0 Å². The van der Waals surface area contributed by atoms with E-state index in [4.69, 9.17) is 4.74 Å². The lowest BCUT2D eigenvalue weighted by atomic mass is 9.81. The molecule has 1 saturated heterocycles. The van der Waals surface area contributed by atoms with Crippen LogP contribution >= 0.6 is 0 Å². The Morgan fingerprint density at radius 2 is 2.05 bits per heavy atom. The lowest BCUT2D eigenvalue weighted by Crippen LogP contribution is -2.53. The fourth-order valence-corrected chi connectivity index (χ4v) is 2.81. The molecule has 114 valence electrons. The largest absolute Gasteiger partial charge is 0.395 e. The van der Waals surface area contributed by atoms with Crippen LogP contribution < -0.4 is 5.32 Å². The molecule has 2 N–H and O–H groups in total. The molecule has 0 aromatic rings. The first kappa shape index (κ1) is 16.9. The molecule has 0 bridgehead atoms. The molecule has 0 aromatic carbocycles. The Morgan fingerprint density at radius 1 is 1.32 bits per heavy atom. The molecule has 0 aliphatic carbocycles. The van der Waals surface area contributed by atoms with Gasteiger partial charge in [0.15, 0.2) is 0 Å². The van der Waals surface area contributed by atoms with Gasteiger partial charge in [-0.1, -0.05) is 20.8 Å². The SMILES string of the molecule is CCCNCC(CC)(CC)CN1CCOCC1CO. The Kier molecular flexibility index (Phi) is 7.91. The van der Waals surface area contributed by atoms with Crippen LogP contribution in [-0.2, 0) is 4.74 Å². The summed E-state index contributed by atoms with van der Waals surface area (Å²) in [7, 11) is 0. The van der Waals surface area contributed by atoms with Gasteiger partial charge in [-0.05, 0) is 31.2 Å². The molecule has 0 spiro atoms. The van der Waals surface area contributed by atoms with Crippen molar-refractivity contribution in [3.8, 4) is 0 Å². The summed E-state index contributed by atoms with van der Waals surface area (Å²) < 4.78 is 5.47. The highest BCUT2D eigenvalue weighted by atomic mass is 16.5. The number of nitrogens with zero attached hydrogens (tertiary/aromatic N) is 1. The van der Waals surface area contributed by atoms with Crippen molar-refractivity contribution in [1.82, 2.24) is 10.2 Å². The molecule has 1 fully saturated rings. The maximum Gasteiger partial charge on any atom is 0.0644 e. The Labute approximate surface area is 118 Å². The third kappa shape index (κ3) is 5.03. The van der Waals surface area contributed by atoms with Crippen LogP contribution in [0.4, 0.5) is 0 Å². The number of morpholine rings is 1. The van der Waals surface area contributed by atoms with Gasteiger partial charge >= 0.3 is 0 Å². The van der Waals surface area contributed by atoms with Crippen molar-refractivity contribution < 1.29 is 9.84 Å². The smallest absolute Gasteiger partial charge is 0.0644 e. The minimum Gasteiger partial charge on any atom is -0.395 e. The number of hydrogen-bond donors (Lipinski definition) is 2. The van der Waals surface area contributed by atoms with E-state index >= 15 is 0 Å². The summed E-state index contributed by atoms with van der Waals surface area (Å²) in [5.41, 5.74) is 0.319. The van der Waals surface area contributed by atoms with Gasteiger partial charge in [-0.3, -0.25) is 4.90 Å². The second-order valence-corrected chi connectivity index (χ2v) is 5.77. The number of hydrogen-bond acceptors (Lipinski definition) is 4. The zero-order valence-electron chi connectivity index (χ0n) is 13.0. The van der Waals surface area contributed by atoms with E-state index in [0.717, 1.165) is 32.8 Å². The van der Waals surface area contributed by atoms with Crippen molar-refractivity contribution in [2.24, 2.45) is 5.41 Å². The second-order valence-electron chi connectivity index (χ2n) is 5.77. The lowest BCUT2D eigenvalue weighted by molar-refractivity contribution is -0.0458. The predicted molar refractivity (Wildman–Crippen MR) is 79.4 cm³/mol. The van der Waals surface area contributed by atoms with Crippen molar-refractivity contribution in [1.29, 1.82) is 0 Å². The summed E-state index contributed by atoms with van der Waals surface area (Å²) in [6, 6.07) is 0.178. The van der Waals surface area contributed by atoms with E-state index in [1.54, 1.807) is 0 Å². The van der Waals surface area contributed by atoms with Crippen LogP contribution in [0.5, 0.6) is 0 Å². The highest BCUT2D eigenvalue weighted by Crippen LogP contribution is 2.28. The van der Waals surface area contributed by atoms with Crippen molar-refractivity contribution in [2.75, 3.05) is 46.0 Å². The molecular formula is C15H32N2O2. The zero-order chi connectivity index (χ0) is 14.1. The van der Waals surface area contributed by atoms with E-state index in [-0.39, 0.29) is 12.6 Å². The molecule has 1 atom stereocenters. The molecule has 1 heterocycles. The topological polar surface area (TPSA) is 44.7 Å². The lowest BCUT2D eigenvalue weighted by Gasteiger charge is -2.42. The average Bonchev–Trinajstić information content (AvgIpc) is 2.47. The molecule has 4 nitrogen and oxygen atoms in total. The first-order valence-corrected chi connectivity index (χ1v) is 7.84. The van der Waals surface area contributed by atoms with E-state index in [9.17, 15) is 5.11 Å². The molecule has 4 heteroatoms. The maximum absolute atomic E-state index is 9.48. The molecule has 1 aliphatic heterocycles. The van der Waals surface area contributed by atoms with Crippen LogP contribution in [0.25, 0.3) is 0 Å². The third-order valence-electron chi connectivity index (χ3n) is 4.53. The van der Waals surface area contributed by atoms with Crippen molar-refractivity contribution in [3.05, 3.63) is 0 Å². The molecule has 0 aromatic heterocycles. The minimum absolute atomic E-state index is 0.178. The van der Waals surface area contributed by atoms with Gasteiger partial charge in [0.2, 0.25) is 0 Å². The predicted octanol–water partition coefficient (Wildman–Crippen LogP) is 1.49. The summed E-state index contributed by atoms with van der Waals surface area (Å²) in [4.78, 5) is 2.42. The molecule has 0 amide bonds. The van der Waals surface area contributed by atoms with E-state index in [0.29, 0.717) is 12.0 Å². The molecule has 19 heavy (non-hydrogen) atoms. The summed E-state index contributed by atoms with van der Waals surface area (Å²) in [5, 5.41) is 13.1. The number of nitrogens with one attached hydrogen (secondary N) is 1. The molecule has 1 aliphatic rings. The van der Waals surface area contributed by atoms with E-state index in [1.165, 1.54) is 19.3 Å². The van der Waals surface area contributed by atoms with E-state index in [2.05, 4.69) is 31.0 Å². The quantitative estimate of drug-likeness (QED) is 0.624. The summed E-state index contributed by atoms with van der Waals surface area (Å²) in [6.45, 7) is 12.6. The van der Waals surface area contributed by atoms with Gasteiger partial charge in [-0.2, -0.15) is 0 Å². The number of aliphatic hydroxyl groups excluding tert-OH is 1. The van der Waals surface area contributed by atoms with Gasteiger partial charge in [0.1, 0.15) is 0 Å². The van der Waals surface area contributed by atoms with Crippen LogP contribution in [0.3, 0.4) is 0 Å². The van der Waals surface area contributed by atoms with Crippen LogP contribution in [0.2, 0.25) is 0 Å². The summed E-state index contributed by atoms with van der Waals surface area (Å²) in [5.74, 6) is 0. The van der Waals surface area contributed by atoms with E-state index in [1.807, 2.05) is 0 Å². The Balaban J connectivity index is 2.59. The van der Waals surface area contributed by atoms with Crippen molar-refractivity contribution in [3.63, 3.8) is 0 Å². The fraction of sp³-hybridized carbons (Fsp3) is 1.00. The Bertz CT molecular complexity index is 232. The molecule has 1 unspecified atom stereocenters. The third-order valence-corrected chi connectivity index (χ3v) is 4.53. The number of rotatable bonds is 9. The summed E-state index contributed by atoms with van der Waals surface area (Å²) >= 11 is 0. The minimum atomic E-state index is 0.178. The number of ether oxygens (including phenoxy) is 1. The van der Waals surface area contributed by atoms with Gasteiger partial charge < -0.3 is 15.2 Å². The normalized spacial score (nSPS) is 21.8. The molecular weight excluding hydrogens is 240 g/mol. The highest BCUT2D eigenvalue weighted by Gasteiger charge is 2.32. The van der Waals surface area contributed by atoms with Crippen molar-refractivity contribution in [2.45, 2.75) is 46.1 Å². The summed E-state index contributed by atoms with van der Waals surface area (Å²) in [6.07, 6.45) is 3.53. The Hall–Kier alpha value is -0.160. The van der Waals surface area contributed by atoms with Crippen LogP contribution in [0.1, 0.15) is 40.0 Å². The van der Waals surface area contributed by atoms with Crippen LogP contribution in [0, 0.1) is 5.41 Å². The molecule has 0 saturated carbocycles. The standard InChI is InChI=1S/C15H32N2O2/c1-4-7-16-12-15(5-2,6-3)13-17-8-9-19-11-14(17)10-18/h14,16,18H,4-13H2,1-3H3. The molecule has 0 radical (unpaired) electrons. The average molecular weight is 272 g/mol. The second kappa shape index (κ2) is 8.90. The van der Waals surface area contributed by atoms with Crippen LogP contribution in [-0.4, -0.2) is 62.0 Å². The number of aliphatic hydroxyl groups is 1. The Morgan fingerprint density at radius 3 is 2.63 bits per heavy atom. The first-order valence-electron chi connectivity index (χ1n) is 7.84. The molecule has 1 rings (SSSR count). The maximum atomic E-state index is 9.48. The van der Waals surface area contributed by atoms with E-state index < -0.39 is 0 Å². The first-order chi connectivity index (χ1) is 9.21. The van der Waals surface area contributed by atoms with Crippen molar-refractivity contribution >= 4 is 0 Å². The zero-order valence-corrected chi connectivity index (χ0v) is 13.0. The van der Waals surface area contributed by atoms with Gasteiger partial charge in [0.25, 0.3) is 0 Å². The highest BCUT2D eigenvalue weighted by molar-refractivity contribution is 4.86. The monoisotopic (exact) mass is 272 g/mol. The fourth-order valence-electron chi connectivity index (χ4n) is 2.81. The van der Waals surface area contributed by atoms with Gasteiger partial charge in [-0.25, -0.2) is 0 Å².